The molecule has 0 radical (unpaired) electrons. The zero-order chi connectivity index (χ0) is 11.7. The summed E-state index contributed by atoms with van der Waals surface area (Å²) in [6.45, 7) is 1.61. The maximum atomic E-state index is 5.56. The lowest BCUT2D eigenvalue weighted by molar-refractivity contribution is 0.323. The molecule has 2 nitrogen and oxygen atoms in total. The molecule has 0 fully saturated rings. The molecule has 1 aliphatic heterocycles. The van der Waals surface area contributed by atoms with Gasteiger partial charge < -0.3 is 10.1 Å². The van der Waals surface area contributed by atoms with Gasteiger partial charge >= 0.3 is 0 Å². The third-order valence-corrected chi connectivity index (χ3v) is 3.36. The van der Waals surface area contributed by atoms with Crippen molar-refractivity contribution < 1.29 is 4.74 Å². The Morgan fingerprint density at radius 3 is 2.59 bits per heavy atom. The number of hydrogen-bond acceptors (Lipinski definition) is 2. The highest BCUT2D eigenvalue weighted by Gasteiger charge is 2.10. The predicted octanol–water partition coefficient (Wildman–Crippen LogP) is 3.92. The van der Waals surface area contributed by atoms with Crippen molar-refractivity contribution in [3.63, 3.8) is 0 Å². The van der Waals surface area contributed by atoms with Gasteiger partial charge in [-0.05, 0) is 35.4 Å². The van der Waals surface area contributed by atoms with E-state index in [1.807, 2.05) is 6.07 Å². The van der Waals surface area contributed by atoms with E-state index in [0.29, 0.717) is 0 Å². The van der Waals surface area contributed by atoms with Gasteiger partial charge in [0, 0.05) is 11.0 Å². The van der Waals surface area contributed by atoms with Crippen molar-refractivity contribution in [3.05, 3.63) is 46.9 Å². The van der Waals surface area contributed by atoms with Crippen LogP contribution in [0.5, 0.6) is 5.75 Å². The van der Waals surface area contributed by atoms with Crippen LogP contribution in [0.25, 0.3) is 11.1 Å². The molecule has 0 amide bonds. The van der Waals surface area contributed by atoms with Crippen LogP contribution in [0, 0.1) is 0 Å². The maximum Gasteiger partial charge on any atom is 0.142 e. The third kappa shape index (κ3) is 2.15. The largest absolute Gasteiger partial charge is 0.490 e. The van der Waals surface area contributed by atoms with E-state index in [-0.39, 0.29) is 0 Å². The fraction of sp³-hybridized carbons (Fsp3) is 0.143. The van der Waals surface area contributed by atoms with E-state index >= 15 is 0 Å². The Morgan fingerprint density at radius 2 is 1.76 bits per heavy atom. The third-order valence-electron chi connectivity index (χ3n) is 2.83. The maximum absolute atomic E-state index is 5.56. The van der Waals surface area contributed by atoms with Crippen molar-refractivity contribution >= 4 is 21.6 Å². The number of hydrogen-bond donors (Lipinski definition) is 1. The Morgan fingerprint density at radius 1 is 1.00 bits per heavy atom. The van der Waals surface area contributed by atoms with Gasteiger partial charge in [0.25, 0.3) is 0 Å². The van der Waals surface area contributed by atoms with Crippen LogP contribution < -0.4 is 10.1 Å². The van der Waals surface area contributed by atoms with E-state index < -0.39 is 0 Å². The lowest BCUT2D eigenvalue weighted by Gasteiger charge is -2.19. The highest BCUT2D eigenvalue weighted by Crippen LogP contribution is 2.32. The van der Waals surface area contributed by atoms with Gasteiger partial charge in [-0.15, -0.1) is 0 Å². The van der Waals surface area contributed by atoms with Crippen LogP contribution in [0.3, 0.4) is 0 Å². The molecule has 2 aromatic carbocycles. The summed E-state index contributed by atoms with van der Waals surface area (Å²) in [5.74, 6) is 0.942. The first-order valence-electron chi connectivity index (χ1n) is 5.59. The quantitative estimate of drug-likeness (QED) is 0.859. The normalized spacial score (nSPS) is 13.5. The van der Waals surface area contributed by atoms with Crippen molar-refractivity contribution in [2.45, 2.75) is 0 Å². The van der Waals surface area contributed by atoms with Crippen LogP contribution in [-0.4, -0.2) is 13.2 Å². The van der Waals surface area contributed by atoms with Crippen molar-refractivity contribution in [1.82, 2.24) is 0 Å². The molecule has 1 N–H and O–H groups in total. The zero-order valence-corrected chi connectivity index (χ0v) is 10.8. The second-order valence-corrected chi connectivity index (χ2v) is 4.91. The second-order valence-electron chi connectivity index (χ2n) is 3.99. The number of fused-ring (bicyclic) bond motifs is 1. The predicted molar refractivity (Wildman–Crippen MR) is 73.6 cm³/mol. The number of nitrogens with one attached hydrogen (secondary N) is 1. The topological polar surface area (TPSA) is 21.3 Å². The van der Waals surface area contributed by atoms with Crippen molar-refractivity contribution in [2.75, 3.05) is 18.5 Å². The van der Waals surface area contributed by atoms with Gasteiger partial charge in [-0.25, -0.2) is 0 Å². The van der Waals surface area contributed by atoms with Crippen LogP contribution in [0.4, 0.5) is 5.69 Å². The molecular weight excluding hydrogens is 278 g/mol. The highest BCUT2D eigenvalue weighted by atomic mass is 79.9. The van der Waals surface area contributed by atoms with E-state index in [4.69, 9.17) is 4.74 Å². The van der Waals surface area contributed by atoms with Crippen LogP contribution in [0.1, 0.15) is 0 Å². The van der Waals surface area contributed by atoms with Crippen molar-refractivity contribution in [3.8, 4) is 16.9 Å². The summed E-state index contributed by atoms with van der Waals surface area (Å²) in [6, 6.07) is 14.6. The standard InChI is InChI=1S/C14H12BrNO/c15-12-4-1-10(2-5-12)11-3-6-14-13(9-11)16-7-8-17-14/h1-6,9,16H,7-8H2. The minimum atomic E-state index is 0.741. The molecule has 0 spiro atoms. The van der Waals surface area contributed by atoms with Crippen LogP contribution >= 0.6 is 15.9 Å². The Balaban J connectivity index is 2.01. The van der Waals surface area contributed by atoms with Crippen LogP contribution in [-0.2, 0) is 0 Å². The first-order valence-corrected chi connectivity index (χ1v) is 6.39. The Bertz CT molecular complexity index is 536. The van der Waals surface area contributed by atoms with Gasteiger partial charge in [0.1, 0.15) is 12.4 Å². The lowest BCUT2D eigenvalue weighted by atomic mass is 10.0. The fourth-order valence-electron chi connectivity index (χ4n) is 1.96. The summed E-state index contributed by atoms with van der Waals surface area (Å²) in [5.41, 5.74) is 3.49. The minimum absolute atomic E-state index is 0.741. The van der Waals surface area contributed by atoms with E-state index in [9.17, 15) is 0 Å². The van der Waals surface area contributed by atoms with E-state index in [1.165, 1.54) is 11.1 Å². The SMILES string of the molecule is Brc1ccc(-c2ccc3c(c2)NCCO3)cc1. The molecule has 0 saturated heterocycles. The molecule has 86 valence electrons. The molecule has 0 aliphatic carbocycles. The average Bonchev–Trinajstić information content (AvgIpc) is 2.39. The number of halogens is 1. The van der Waals surface area contributed by atoms with Gasteiger partial charge in [-0.2, -0.15) is 0 Å². The molecule has 3 rings (SSSR count). The summed E-state index contributed by atoms with van der Waals surface area (Å²) in [7, 11) is 0. The molecule has 0 bridgehead atoms. The summed E-state index contributed by atoms with van der Waals surface area (Å²) >= 11 is 3.45. The first kappa shape index (κ1) is 10.7. The van der Waals surface area contributed by atoms with Crippen molar-refractivity contribution in [2.24, 2.45) is 0 Å². The molecule has 1 aliphatic rings. The lowest BCUT2D eigenvalue weighted by Crippen LogP contribution is -2.17. The van der Waals surface area contributed by atoms with Gasteiger partial charge in [-0.1, -0.05) is 34.1 Å². The molecule has 0 saturated carbocycles. The van der Waals surface area contributed by atoms with E-state index in [2.05, 4.69) is 57.6 Å². The molecule has 1 heterocycles. The molecule has 0 unspecified atom stereocenters. The smallest absolute Gasteiger partial charge is 0.142 e. The summed E-state index contributed by atoms with van der Waals surface area (Å²) < 4.78 is 6.66. The monoisotopic (exact) mass is 289 g/mol. The molecule has 0 atom stereocenters. The molecular formula is C14H12BrNO. The van der Waals surface area contributed by atoms with Gasteiger partial charge in [0.15, 0.2) is 0 Å². The first-order chi connectivity index (χ1) is 8.33. The summed E-state index contributed by atoms with van der Waals surface area (Å²) in [5, 5.41) is 3.35. The second kappa shape index (κ2) is 4.41. The molecule has 0 aromatic heterocycles. The Labute approximate surface area is 109 Å². The molecule has 3 heteroatoms. The van der Waals surface area contributed by atoms with E-state index in [0.717, 1.165) is 29.1 Å². The van der Waals surface area contributed by atoms with E-state index in [1.54, 1.807) is 0 Å². The summed E-state index contributed by atoms with van der Waals surface area (Å²) in [4.78, 5) is 0. The fourth-order valence-corrected chi connectivity index (χ4v) is 2.23. The number of ether oxygens (including phenoxy) is 1. The van der Waals surface area contributed by atoms with Crippen LogP contribution in [0.15, 0.2) is 46.9 Å². The van der Waals surface area contributed by atoms with Gasteiger partial charge in [0.05, 0.1) is 5.69 Å². The van der Waals surface area contributed by atoms with Gasteiger partial charge in [0.2, 0.25) is 0 Å². The zero-order valence-electron chi connectivity index (χ0n) is 9.24. The molecule has 2 aromatic rings. The number of anilines is 1. The Hall–Kier alpha value is -1.48. The molecule has 17 heavy (non-hydrogen) atoms. The highest BCUT2D eigenvalue weighted by molar-refractivity contribution is 9.10. The Kier molecular flexibility index (Phi) is 2.77. The van der Waals surface area contributed by atoms with Crippen molar-refractivity contribution in [1.29, 1.82) is 0 Å². The number of rotatable bonds is 1. The number of benzene rings is 2. The average molecular weight is 290 g/mol. The minimum Gasteiger partial charge on any atom is -0.490 e. The van der Waals surface area contributed by atoms with Crippen LogP contribution in [0.2, 0.25) is 0 Å². The van der Waals surface area contributed by atoms with Gasteiger partial charge in [-0.3, -0.25) is 0 Å². The summed E-state index contributed by atoms with van der Waals surface area (Å²) in [6.07, 6.45) is 0.